The first-order valence-corrected chi connectivity index (χ1v) is 7.88. The Bertz CT molecular complexity index is 657. The highest BCUT2D eigenvalue weighted by atomic mass is 79.9. The Balaban J connectivity index is 2.46. The van der Waals surface area contributed by atoms with Crippen LogP contribution in [0, 0.1) is 10.1 Å². The highest BCUT2D eigenvalue weighted by Crippen LogP contribution is 2.29. The Morgan fingerprint density at radius 1 is 1.05 bits per heavy atom. The number of alkyl halides is 1. The molecule has 0 atom stereocenters. The van der Waals surface area contributed by atoms with E-state index in [0.717, 1.165) is 16.7 Å². The Kier molecular flexibility index (Phi) is 4.47. The van der Waals surface area contributed by atoms with Gasteiger partial charge in [0.2, 0.25) is 0 Å². The van der Waals surface area contributed by atoms with Crippen molar-refractivity contribution in [3.8, 4) is 11.1 Å². The van der Waals surface area contributed by atoms with Crippen LogP contribution in [0.1, 0.15) is 31.9 Å². The molecule has 0 bridgehead atoms. The second-order valence-electron chi connectivity index (χ2n) is 6.11. The van der Waals surface area contributed by atoms with Crippen molar-refractivity contribution in [1.82, 2.24) is 0 Å². The minimum Gasteiger partial charge on any atom is -0.258 e. The van der Waals surface area contributed by atoms with Gasteiger partial charge in [-0.3, -0.25) is 10.1 Å². The van der Waals surface area contributed by atoms with Crippen LogP contribution in [0.3, 0.4) is 0 Å². The third kappa shape index (κ3) is 3.70. The quantitative estimate of drug-likeness (QED) is 0.420. The van der Waals surface area contributed by atoms with E-state index in [9.17, 15) is 10.1 Å². The number of hydrogen-bond donors (Lipinski definition) is 0. The van der Waals surface area contributed by atoms with Gasteiger partial charge in [-0.15, -0.1) is 0 Å². The molecular weight excluding hydrogens is 330 g/mol. The fourth-order valence-corrected chi connectivity index (χ4v) is 2.51. The molecule has 0 aliphatic rings. The van der Waals surface area contributed by atoms with Gasteiger partial charge in [-0.2, -0.15) is 0 Å². The Morgan fingerprint density at radius 3 is 2.14 bits per heavy atom. The molecule has 3 nitrogen and oxygen atoms in total. The van der Waals surface area contributed by atoms with E-state index in [1.54, 1.807) is 12.1 Å². The molecule has 0 unspecified atom stereocenters. The first-order valence-electron chi connectivity index (χ1n) is 6.76. The Hall–Kier alpha value is -1.68. The van der Waals surface area contributed by atoms with E-state index in [2.05, 4.69) is 48.8 Å². The average Bonchev–Trinajstić information content (AvgIpc) is 2.46. The minimum absolute atomic E-state index is 0.0994. The van der Waals surface area contributed by atoms with Crippen molar-refractivity contribution in [3.05, 3.63) is 63.7 Å². The van der Waals surface area contributed by atoms with Crippen LogP contribution in [0.2, 0.25) is 0 Å². The van der Waals surface area contributed by atoms with Gasteiger partial charge in [0.15, 0.2) is 0 Å². The van der Waals surface area contributed by atoms with Gasteiger partial charge >= 0.3 is 0 Å². The second-order valence-corrected chi connectivity index (χ2v) is 6.67. The number of nitro benzene ring substituents is 1. The summed E-state index contributed by atoms with van der Waals surface area (Å²) in [7, 11) is 0. The van der Waals surface area contributed by atoms with Gasteiger partial charge in [0.25, 0.3) is 5.69 Å². The van der Waals surface area contributed by atoms with Gasteiger partial charge in [-0.1, -0.05) is 61.0 Å². The van der Waals surface area contributed by atoms with Gasteiger partial charge in [0, 0.05) is 17.5 Å². The third-order valence-corrected chi connectivity index (χ3v) is 4.07. The molecule has 0 aliphatic heterocycles. The normalized spacial score (nSPS) is 11.4. The molecule has 4 heteroatoms. The zero-order chi connectivity index (χ0) is 15.6. The van der Waals surface area contributed by atoms with Crippen molar-refractivity contribution in [2.24, 2.45) is 0 Å². The lowest BCUT2D eigenvalue weighted by Crippen LogP contribution is -2.10. The molecule has 0 saturated carbocycles. The molecule has 0 aliphatic carbocycles. The van der Waals surface area contributed by atoms with E-state index in [4.69, 9.17) is 0 Å². The maximum Gasteiger partial charge on any atom is 0.270 e. The highest BCUT2D eigenvalue weighted by molar-refractivity contribution is 9.08. The summed E-state index contributed by atoms with van der Waals surface area (Å²) in [6.07, 6.45) is 0. The van der Waals surface area contributed by atoms with Crippen LogP contribution in [0.25, 0.3) is 11.1 Å². The van der Waals surface area contributed by atoms with E-state index >= 15 is 0 Å². The molecule has 0 heterocycles. The smallest absolute Gasteiger partial charge is 0.258 e. The Morgan fingerprint density at radius 2 is 1.67 bits per heavy atom. The standard InChI is InChI=1S/C17H18BrNO2/c1-17(2,3)15-6-4-13(5-7-15)14-8-12(11-18)9-16(10-14)19(20)21/h4-10H,11H2,1-3H3. The van der Waals surface area contributed by atoms with E-state index in [1.807, 2.05) is 18.2 Å². The lowest BCUT2D eigenvalue weighted by atomic mass is 9.86. The fraction of sp³-hybridized carbons (Fsp3) is 0.294. The predicted molar refractivity (Wildman–Crippen MR) is 89.9 cm³/mol. The van der Waals surface area contributed by atoms with Crippen molar-refractivity contribution in [1.29, 1.82) is 0 Å². The zero-order valence-electron chi connectivity index (χ0n) is 12.4. The van der Waals surface area contributed by atoms with Crippen molar-refractivity contribution in [2.45, 2.75) is 31.5 Å². The van der Waals surface area contributed by atoms with Crippen LogP contribution in [0.4, 0.5) is 5.69 Å². The number of nitro groups is 1. The van der Waals surface area contributed by atoms with Crippen LogP contribution in [0.15, 0.2) is 42.5 Å². The SMILES string of the molecule is CC(C)(C)c1ccc(-c2cc(CBr)cc([N+](=O)[O-])c2)cc1. The minimum atomic E-state index is -0.348. The molecule has 0 fully saturated rings. The van der Waals surface area contributed by atoms with Crippen molar-refractivity contribution in [2.75, 3.05) is 0 Å². The summed E-state index contributed by atoms with van der Waals surface area (Å²) in [5.41, 5.74) is 4.24. The first kappa shape index (κ1) is 15.7. The molecule has 2 aromatic rings. The first-order chi connectivity index (χ1) is 9.81. The molecule has 2 rings (SSSR count). The largest absolute Gasteiger partial charge is 0.270 e. The topological polar surface area (TPSA) is 43.1 Å². The van der Waals surface area contributed by atoms with Gasteiger partial charge in [-0.25, -0.2) is 0 Å². The van der Waals surface area contributed by atoms with Crippen molar-refractivity contribution >= 4 is 21.6 Å². The number of halogens is 1. The number of non-ortho nitro benzene ring substituents is 1. The molecule has 0 amide bonds. The lowest BCUT2D eigenvalue weighted by Gasteiger charge is -2.19. The monoisotopic (exact) mass is 347 g/mol. The van der Waals surface area contributed by atoms with Crippen LogP contribution in [-0.2, 0) is 10.7 Å². The van der Waals surface area contributed by atoms with Gasteiger partial charge in [0.1, 0.15) is 0 Å². The maximum atomic E-state index is 11.0. The molecule has 110 valence electrons. The number of benzene rings is 2. The molecule has 2 aromatic carbocycles. The van der Waals surface area contributed by atoms with Crippen LogP contribution in [-0.4, -0.2) is 4.92 Å². The van der Waals surface area contributed by atoms with Crippen LogP contribution >= 0.6 is 15.9 Å². The van der Waals surface area contributed by atoms with E-state index < -0.39 is 0 Å². The summed E-state index contributed by atoms with van der Waals surface area (Å²) < 4.78 is 0. The second kappa shape index (κ2) is 5.98. The molecule has 0 radical (unpaired) electrons. The molecule has 0 saturated heterocycles. The van der Waals surface area contributed by atoms with Gasteiger partial charge < -0.3 is 0 Å². The number of nitrogens with zero attached hydrogens (tertiary/aromatic N) is 1. The number of hydrogen-bond acceptors (Lipinski definition) is 2. The molecular formula is C17H18BrNO2. The summed E-state index contributed by atoms with van der Waals surface area (Å²) in [5, 5.41) is 11.6. The van der Waals surface area contributed by atoms with Crippen molar-refractivity contribution in [3.63, 3.8) is 0 Å². The number of rotatable bonds is 3. The van der Waals surface area contributed by atoms with Crippen LogP contribution < -0.4 is 0 Å². The zero-order valence-corrected chi connectivity index (χ0v) is 14.0. The highest BCUT2D eigenvalue weighted by Gasteiger charge is 2.14. The maximum absolute atomic E-state index is 11.0. The van der Waals surface area contributed by atoms with E-state index in [-0.39, 0.29) is 16.0 Å². The molecule has 21 heavy (non-hydrogen) atoms. The van der Waals surface area contributed by atoms with Crippen molar-refractivity contribution < 1.29 is 4.92 Å². The summed E-state index contributed by atoms with van der Waals surface area (Å²) >= 11 is 3.36. The predicted octanol–water partition coefficient (Wildman–Crippen LogP) is 5.45. The summed E-state index contributed by atoms with van der Waals surface area (Å²) in [6.45, 7) is 6.49. The summed E-state index contributed by atoms with van der Waals surface area (Å²) in [5.74, 6) is 0. The van der Waals surface area contributed by atoms with Gasteiger partial charge in [0.05, 0.1) is 4.92 Å². The molecule has 0 spiro atoms. The van der Waals surface area contributed by atoms with E-state index in [0.29, 0.717) is 5.33 Å². The molecule has 0 N–H and O–H groups in total. The van der Waals surface area contributed by atoms with E-state index in [1.165, 1.54) is 5.56 Å². The third-order valence-electron chi connectivity index (χ3n) is 3.43. The lowest BCUT2D eigenvalue weighted by molar-refractivity contribution is -0.384. The molecule has 0 aromatic heterocycles. The summed E-state index contributed by atoms with van der Waals surface area (Å²) in [4.78, 5) is 10.7. The van der Waals surface area contributed by atoms with Crippen LogP contribution in [0.5, 0.6) is 0 Å². The Labute approximate surface area is 133 Å². The van der Waals surface area contributed by atoms with Gasteiger partial charge in [-0.05, 0) is 33.7 Å². The fourth-order valence-electron chi connectivity index (χ4n) is 2.19. The summed E-state index contributed by atoms with van der Waals surface area (Å²) in [6, 6.07) is 13.4. The average molecular weight is 348 g/mol.